The summed E-state index contributed by atoms with van der Waals surface area (Å²) in [5, 5.41) is 11.8. The lowest BCUT2D eigenvalue weighted by Gasteiger charge is -2.06. The summed E-state index contributed by atoms with van der Waals surface area (Å²) in [5.74, 6) is 0.160. The number of aromatic nitrogens is 4. The summed E-state index contributed by atoms with van der Waals surface area (Å²) in [4.78, 5) is 12.5. The molecule has 2 aromatic carbocycles. The zero-order valence-corrected chi connectivity index (χ0v) is 18.3. The lowest BCUT2D eigenvalue weighted by atomic mass is 10.2. The zero-order valence-electron chi connectivity index (χ0n) is 16.0. The fraction of sp³-hybridized carbons (Fsp3) is 0.0952. The predicted octanol–water partition coefficient (Wildman–Crippen LogP) is 4.97. The largest absolute Gasteiger partial charge is 0.471 e. The molecule has 0 aliphatic carbocycles. The lowest BCUT2D eigenvalue weighted by molar-refractivity contribution is 0.101. The second-order valence-electron chi connectivity index (χ2n) is 6.54. The molecule has 2 heterocycles. The molecule has 4 aromatic rings. The minimum Gasteiger partial charge on any atom is -0.471 e. The highest BCUT2D eigenvalue weighted by atomic mass is 79.9. The third kappa shape index (κ3) is 5.31. The Morgan fingerprint density at radius 3 is 2.77 bits per heavy atom. The maximum Gasteiger partial charge on any atom is 0.277 e. The van der Waals surface area contributed by atoms with E-state index in [-0.39, 0.29) is 24.8 Å². The van der Waals surface area contributed by atoms with Crippen LogP contribution in [0, 0.1) is 5.82 Å². The van der Waals surface area contributed by atoms with Crippen LogP contribution in [-0.4, -0.2) is 25.5 Å². The van der Waals surface area contributed by atoms with Crippen molar-refractivity contribution in [2.24, 2.45) is 0 Å². The van der Waals surface area contributed by atoms with E-state index >= 15 is 0 Å². The minimum absolute atomic E-state index is 0.120. The molecule has 1 N–H and O–H groups in total. The summed E-state index contributed by atoms with van der Waals surface area (Å²) in [6, 6.07) is 15.0. The Kier molecular flexibility index (Phi) is 6.34. The van der Waals surface area contributed by atoms with Gasteiger partial charge in [0.05, 0.1) is 11.0 Å². The van der Waals surface area contributed by atoms with Crippen molar-refractivity contribution in [2.75, 3.05) is 5.32 Å². The van der Waals surface area contributed by atoms with Crippen LogP contribution in [0.3, 0.4) is 0 Å². The molecule has 158 valence electrons. The summed E-state index contributed by atoms with van der Waals surface area (Å²) in [7, 11) is 0. The van der Waals surface area contributed by atoms with Gasteiger partial charge in [0.2, 0.25) is 0 Å². The van der Waals surface area contributed by atoms with Crippen molar-refractivity contribution in [1.29, 1.82) is 0 Å². The summed E-state index contributed by atoms with van der Waals surface area (Å²) >= 11 is 9.29. The van der Waals surface area contributed by atoms with Crippen molar-refractivity contribution in [3.05, 3.63) is 93.6 Å². The van der Waals surface area contributed by atoms with E-state index in [0.29, 0.717) is 26.6 Å². The van der Waals surface area contributed by atoms with Crippen molar-refractivity contribution in [2.45, 2.75) is 13.3 Å². The van der Waals surface area contributed by atoms with E-state index in [0.717, 1.165) is 0 Å². The second-order valence-corrected chi connectivity index (χ2v) is 7.83. The lowest BCUT2D eigenvalue weighted by Crippen LogP contribution is -2.15. The van der Waals surface area contributed by atoms with Crippen LogP contribution in [0.2, 0.25) is 5.02 Å². The third-order valence-corrected chi connectivity index (χ3v) is 5.09. The average Bonchev–Trinajstić information content (AvgIpc) is 3.35. The van der Waals surface area contributed by atoms with E-state index in [9.17, 15) is 9.18 Å². The average molecular weight is 505 g/mol. The molecular weight excluding hydrogens is 489 g/mol. The maximum absolute atomic E-state index is 13.9. The molecule has 10 heteroatoms. The first-order valence-electron chi connectivity index (χ1n) is 9.17. The van der Waals surface area contributed by atoms with Gasteiger partial charge in [0.15, 0.2) is 18.2 Å². The van der Waals surface area contributed by atoms with Crippen molar-refractivity contribution < 1.29 is 13.9 Å². The first-order chi connectivity index (χ1) is 15.0. The van der Waals surface area contributed by atoms with Crippen LogP contribution in [0.4, 0.5) is 10.2 Å². The van der Waals surface area contributed by atoms with E-state index < -0.39 is 5.91 Å². The summed E-state index contributed by atoms with van der Waals surface area (Å²) < 4.78 is 23.1. The number of nitrogens with zero attached hydrogens (tertiary/aromatic N) is 4. The summed E-state index contributed by atoms with van der Waals surface area (Å²) in [5.41, 5.74) is 0.694. The number of benzene rings is 2. The number of carbonyl (C=O) groups is 1. The molecule has 2 aromatic heterocycles. The molecular formula is C21H16BrClFN5O2. The van der Waals surface area contributed by atoms with Gasteiger partial charge in [-0.15, -0.1) is 0 Å². The molecule has 0 aliphatic rings. The molecule has 7 nitrogen and oxygen atoms in total. The van der Waals surface area contributed by atoms with Gasteiger partial charge >= 0.3 is 0 Å². The molecule has 0 atom stereocenters. The smallest absolute Gasteiger partial charge is 0.277 e. The Labute approximate surface area is 190 Å². The molecule has 0 radical (unpaired) electrons. The molecule has 31 heavy (non-hydrogen) atoms. The van der Waals surface area contributed by atoms with Crippen molar-refractivity contribution in [3.8, 4) is 5.75 Å². The van der Waals surface area contributed by atoms with Crippen LogP contribution in [-0.2, 0) is 13.3 Å². The Balaban J connectivity index is 1.38. The normalized spacial score (nSPS) is 10.8. The fourth-order valence-corrected chi connectivity index (χ4v) is 3.38. The molecule has 0 aliphatic heterocycles. The van der Waals surface area contributed by atoms with Crippen molar-refractivity contribution in [1.82, 2.24) is 19.6 Å². The van der Waals surface area contributed by atoms with Crippen molar-refractivity contribution >= 4 is 39.3 Å². The van der Waals surface area contributed by atoms with Gasteiger partial charge in [0.1, 0.15) is 11.6 Å². The van der Waals surface area contributed by atoms with Gasteiger partial charge in [0.25, 0.3) is 5.91 Å². The van der Waals surface area contributed by atoms with Gasteiger partial charge in [-0.2, -0.15) is 10.2 Å². The number of hydrogen-bond acceptors (Lipinski definition) is 4. The van der Waals surface area contributed by atoms with Crippen LogP contribution in [0.25, 0.3) is 0 Å². The van der Waals surface area contributed by atoms with E-state index in [1.165, 1.54) is 15.4 Å². The highest BCUT2D eigenvalue weighted by Gasteiger charge is 2.15. The zero-order chi connectivity index (χ0) is 21.8. The summed E-state index contributed by atoms with van der Waals surface area (Å²) in [6.45, 7) is 0.352. The predicted molar refractivity (Wildman–Crippen MR) is 118 cm³/mol. The first-order valence-corrected chi connectivity index (χ1v) is 10.3. The van der Waals surface area contributed by atoms with Crippen LogP contribution in [0.1, 0.15) is 16.1 Å². The van der Waals surface area contributed by atoms with E-state index in [1.54, 1.807) is 60.9 Å². The van der Waals surface area contributed by atoms with Crippen LogP contribution < -0.4 is 10.1 Å². The molecule has 0 fully saturated rings. The Bertz CT molecular complexity index is 1230. The number of carbonyl (C=O) groups excluding carboxylic acids is 1. The van der Waals surface area contributed by atoms with Crippen LogP contribution in [0.5, 0.6) is 5.75 Å². The number of rotatable bonds is 7. The van der Waals surface area contributed by atoms with Gasteiger partial charge in [-0.1, -0.05) is 35.9 Å². The Morgan fingerprint density at radius 2 is 1.97 bits per heavy atom. The standard InChI is InChI=1S/C21H16BrClFN5O2/c22-17-12-29(11-14-4-1-2-7-18(14)24)27-20(17)25-21(30)19-8-9-28(26-19)13-31-16-6-3-5-15(23)10-16/h1-10,12H,11,13H2,(H,25,27,30). The number of hydrogen-bond donors (Lipinski definition) is 1. The fourth-order valence-electron chi connectivity index (χ4n) is 2.79. The van der Waals surface area contributed by atoms with E-state index in [1.807, 2.05) is 0 Å². The van der Waals surface area contributed by atoms with Crippen molar-refractivity contribution in [3.63, 3.8) is 0 Å². The minimum atomic E-state index is -0.432. The summed E-state index contributed by atoms with van der Waals surface area (Å²) in [6.07, 6.45) is 3.30. The molecule has 1 amide bonds. The SMILES string of the molecule is O=C(Nc1nn(Cc2ccccc2F)cc1Br)c1ccn(COc2cccc(Cl)c2)n1. The highest BCUT2D eigenvalue weighted by molar-refractivity contribution is 9.10. The number of amides is 1. The maximum atomic E-state index is 13.9. The first kappa shape index (κ1) is 21.1. The quantitative estimate of drug-likeness (QED) is 0.386. The van der Waals surface area contributed by atoms with Crippen LogP contribution >= 0.6 is 27.5 Å². The van der Waals surface area contributed by atoms with E-state index in [2.05, 4.69) is 31.4 Å². The van der Waals surface area contributed by atoms with Crippen LogP contribution in [0.15, 0.2) is 71.5 Å². The van der Waals surface area contributed by atoms with E-state index in [4.69, 9.17) is 16.3 Å². The van der Waals surface area contributed by atoms with Gasteiger partial charge < -0.3 is 10.1 Å². The second kappa shape index (κ2) is 9.32. The Morgan fingerprint density at radius 1 is 1.13 bits per heavy atom. The number of nitrogens with one attached hydrogen (secondary N) is 1. The Hall–Kier alpha value is -3.17. The van der Waals surface area contributed by atoms with Gasteiger partial charge in [-0.05, 0) is 46.3 Å². The van der Waals surface area contributed by atoms with Gasteiger partial charge in [-0.25, -0.2) is 9.07 Å². The third-order valence-electron chi connectivity index (χ3n) is 4.27. The molecule has 0 bridgehead atoms. The molecule has 0 unspecified atom stereocenters. The molecule has 0 saturated heterocycles. The molecule has 0 saturated carbocycles. The number of anilines is 1. The number of ether oxygens (including phenoxy) is 1. The number of halogens is 3. The molecule has 0 spiro atoms. The van der Waals surface area contributed by atoms with Gasteiger partial charge in [-0.3, -0.25) is 9.48 Å². The topological polar surface area (TPSA) is 74.0 Å². The van der Waals surface area contributed by atoms with Gasteiger partial charge in [0, 0.05) is 23.0 Å². The highest BCUT2D eigenvalue weighted by Crippen LogP contribution is 2.22. The monoisotopic (exact) mass is 503 g/mol. The molecule has 4 rings (SSSR count).